The molecule has 0 radical (unpaired) electrons. The fourth-order valence-corrected chi connectivity index (χ4v) is 1.55. The summed E-state index contributed by atoms with van der Waals surface area (Å²) in [6, 6.07) is 1.51. The minimum atomic E-state index is 0. The molecule has 2 unspecified atom stereocenters. The topological polar surface area (TPSA) is 15.3 Å². The lowest BCUT2D eigenvalue weighted by molar-refractivity contribution is 0.172. The van der Waals surface area contributed by atoms with E-state index in [-0.39, 0.29) is 12.4 Å². The predicted octanol–water partition coefficient (Wildman–Crippen LogP) is 1.11. The lowest BCUT2D eigenvalue weighted by atomic mass is 9.99. The molecule has 0 aromatic carbocycles. The van der Waals surface area contributed by atoms with Gasteiger partial charge in [0.15, 0.2) is 0 Å². The van der Waals surface area contributed by atoms with Crippen LogP contribution in [0.15, 0.2) is 0 Å². The highest BCUT2D eigenvalue weighted by atomic mass is 35.5. The molecule has 68 valence electrons. The van der Waals surface area contributed by atoms with Crippen molar-refractivity contribution in [2.75, 3.05) is 20.6 Å². The van der Waals surface area contributed by atoms with Crippen LogP contribution in [0.1, 0.15) is 19.8 Å². The lowest BCUT2D eigenvalue weighted by Gasteiger charge is -2.34. The summed E-state index contributed by atoms with van der Waals surface area (Å²) in [5.41, 5.74) is 0. The molecular formula is C8H19ClN2. The van der Waals surface area contributed by atoms with Crippen LogP contribution in [-0.4, -0.2) is 37.6 Å². The molecule has 1 rings (SSSR count). The number of nitrogens with one attached hydrogen (secondary N) is 1. The summed E-state index contributed by atoms with van der Waals surface area (Å²) in [4.78, 5) is 2.42. The number of halogens is 1. The Kier molecular flexibility index (Phi) is 5.06. The summed E-state index contributed by atoms with van der Waals surface area (Å²) in [5, 5.41) is 3.33. The van der Waals surface area contributed by atoms with Crippen LogP contribution in [0, 0.1) is 0 Å². The van der Waals surface area contributed by atoms with Crippen molar-refractivity contribution in [2.45, 2.75) is 31.8 Å². The van der Waals surface area contributed by atoms with Crippen molar-refractivity contribution in [3.8, 4) is 0 Å². The third-order valence-electron chi connectivity index (χ3n) is 2.62. The number of hydrogen-bond acceptors (Lipinski definition) is 2. The Labute approximate surface area is 75.8 Å². The van der Waals surface area contributed by atoms with Gasteiger partial charge >= 0.3 is 0 Å². The van der Waals surface area contributed by atoms with E-state index in [0.29, 0.717) is 0 Å². The summed E-state index contributed by atoms with van der Waals surface area (Å²) >= 11 is 0. The molecule has 0 spiro atoms. The maximum Gasteiger partial charge on any atom is 0.00910 e. The normalized spacial score (nSPS) is 33.0. The smallest absolute Gasteiger partial charge is 0.00910 e. The minimum Gasteiger partial charge on any atom is -0.317 e. The number of rotatable bonds is 1. The quantitative estimate of drug-likeness (QED) is 0.648. The minimum absolute atomic E-state index is 0. The Morgan fingerprint density at radius 3 is 2.55 bits per heavy atom. The second-order valence-electron chi connectivity index (χ2n) is 3.34. The molecule has 1 aliphatic heterocycles. The summed E-state index contributed by atoms with van der Waals surface area (Å²) in [6.07, 6.45) is 2.60. The summed E-state index contributed by atoms with van der Waals surface area (Å²) in [6.45, 7) is 3.54. The second-order valence-corrected chi connectivity index (χ2v) is 3.34. The molecule has 2 nitrogen and oxygen atoms in total. The Bertz CT molecular complexity index is 108. The van der Waals surface area contributed by atoms with Crippen LogP contribution >= 0.6 is 12.4 Å². The van der Waals surface area contributed by atoms with E-state index in [4.69, 9.17) is 0 Å². The number of piperidine rings is 1. The number of nitrogens with zero attached hydrogens (tertiary/aromatic N) is 1. The molecule has 0 bridgehead atoms. The SMILES string of the molecule is CNC1CCN(C)C(C)C1.Cl. The molecule has 0 aromatic heterocycles. The molecule has 0 saturated carbocycles. The number of likely N-dealkylation sites (tertiary alicyclic amines) is 1. The maximum atomic E-state index is 3.33. The van der Waals surface area contributed by atoms with Gasteiger partial charge in [-0.2, -0.15) is 0 Å². The van der Waals surface area contributed by atoms with Crippen molar-refractivity contribution in [1.29, 1.82) is 0 Å². The van der Waals surface area contributed by atoms with Crippen molar-refractivity contribution >= 4 is 12.4 Å². The van der Waals surface area contributed by atoms with Gasteiger partial charge in [0.25, 0.3) is 0 Å². The highest BCUT2D eigenvalue weighted by Crippen LogP contribution is 2.14. The van der Waals surface area contributed by atoms with Gasteiger partial charge in [0.1, 0.15) is 0 Å². The molecular weight excluding hydrogens is 160 g/mol. The van der Waals surface area contributed by atoms with E-state index >= 15 is 0 Å². The summed E-state index contributed by atoms with van der Waals surface area (Å²) in [7, 11) is 4.26. The van der Waals surface area contributed by atoms with Gasteiger partial charge in [0.05, 0.1) is 0 Å². The first-order chi connectivity index (χ1) is 4.74. The molecule has 0 aliphatic carbocycles. The first-order valence-corrected chi connectivity index (χ1v) is 4.11. The van der Waals surface area contributed by atoms with E-state index < -0.39 is 0 Å². The standard InChI is InChI=1S/C8H18N2.ClH/c1-7-6-8(9-2)4-5-10(7)3;/h7-9H,4-6H2,1-3H3;1H. The predicted molar refractivity (Wildman–Crippen MR) is 51.4 cm³/mol. The molecule has 1 saturated heterocycles. The van der Waals surface area contributed by atoms with Crippen molar-refractivity contribution < 1.29 is 0 Å². The van der Waals surface area contributed by atoms with Crippen molar-refractivity contribution in [2.24, 2.45) is 0 Å². The molecule has 0 aromatic rings. The van der Waals surface area contributed by atoms with E-state index in [1.54, 1.807) is 0 Å². The summed E-state index contributed by atoms with van der Waals surface area (Å²) in [5.74, 6) is 0. The van der Waals surface area contributed by atoms with Gasteiger partial charge in [-0.05, 0) is 40.4 Å². The third-order valence-corrected chi connectivity index (χ3v) is 2.62. The highest BCUT2D eigenvalue weighted by molar-refractivity contribution is 5.85. The van der Waals surface area contributed by atoms with Crippen LogP contribution in [0.3, 0.4) is 0 Å². The van der Waals surface area contributed by atoms with Crippen LogP contribution in [0.4, 0.5) is 0 Å². The average molecular weight is 179 g/mol. The fourth-order valence-electron chi connectivity index (χ4n) is 1.55. The Balaban J connectivity index is 0.000001000. The third kappa shape index (κ3) is 2.97. The molecule has 1 aliphatic rings. The molecule has 11 heavy (non-hydrogen) atoms. The molecule has 2 atom stereocenters. The molecule has 1 fully saturated rings. The lowest BCUT2D eigenvalue weighted by Crippen LogP contribution is -2.44. The van der Waals surface area contributed by atoms with Gasteiger partial charge in [0, 0.05) is 12.1 Å². The van der Waals surface area contributed by atoms with Crippen LogP contribution < -0.4 is 5.32 Å². The van der Waals surface area contributed by atoms with Crippen molar-refractivity contribution in [1.82, 2.24) is 10.2 Å². The van der Waals surface area contributed by atoms with Crippen LogP contribution in [0.25, 0.3) is 0 Å². The highest BCUT2D eigenvalue weighted by Gasteiger charge is 2.20. The average Bonchev–Trinajstić information content (AvgIpc) is 1.95. The largest absolute Gasteiger partial charge is 0.317 e. The van der Waals surface area contributed by atoms with Crippen molar-refractivity contribution in [3.05, 3.63) is 0 Å². The van der Waals surface area contributed by atoms with E-state index in [9.17, 15) is 0 Å². The van der Waals surface area contributed by atoms with Crippen molar-refractivity contribution in [3.63, 3.8) is 0 Å². The van der Waals surface area contributed by atoms with Gasteiger partial charge in [0.2, 0.25) is 0 Å². The fraction of sp³-hybridized carbons (Fsp3) is 1.00. The summed E-state index contributed by atoms with van der Waals surface area (Å²) < 4.78 is 0. The molecule has 0 amide bonds. The first kappa shape index (κ1) is 11.2. The molecule has 3 heteroatoms. The zero-order valence-corrected chi connectivity index (χ0v) is 8.45. The van der Waals surface area contributed by atoms with E-state index in [2.05, 4.69) is 31.2 Å². The van der Waals surface area contributed by atoms with Crippen LogP contribution in [0.5, 0.6) is 0 Å². The maximum absolute atomic E-state index is 3.33. The van der Waals surface area contributed by atoms with Crippen LogP contribution in [0.2, 0.25) is 0 Å². The Hall–Kier alpha value is 0.210. The van der Waals surface area contributed by atoms with Crippen LogP contribution in [-0.2, 0) is 0 Å². The zero-order chi connectivity index (χ0) is 7.56. The van der Waals surface area contributed by atoms with E-state index in [0.717, 1.165) is 12.1 Å². The molecule has 1 heterocycles. The van der Waals surface area contributed by atoms with E-state index in [1.807, 2.05) is 0 Å². The second kappa shape index (κ2) is 4.96. The number of hydrogen-bond donors (Lipinski definition) is 1. The van der Waals surface area contributed by atoms with Gasteiger partial charge in [-0.3, -0.25) is 0 Å². The van der Waals surface area contributed by atoms with Gasteiger partial charge in [-0.1, -0.05) is 0 Å². The Morgan fingerprint density at radius 1 is 1.45 bits per heavy atom. The monoisotopic (exact) mass is 178 g/mol. The van der Waals surface area contributed by atoms with Gasteiger partial charge in [-0.15, -0.1) is 12.4 Å². The van der Waals surface area contributed by atoms with Gasteiger partial charge in [-0.25, -0.2) is 0 Å². The molecule has 1 N–H and O–H groups in total. The first-order valence-electron chi connectivity index (χ1n) is 4.11. The van der Waals surface area contributed by atoms with E-state index in [1.165, 1.54) is 19.4 Å². The van der Waals surface area contributed by atoms with Gasteiger partial charge < -0.3 is 10.2 Å². The Morgan fingerprint density at radius 2 is 2.09 bits per heavy atom. The zero-order valence-electron chi connectivity index (χ0n) is 7.63.